The zero-order valence-electron chi connectivity index (χ0n) is 5.44. The molecule has 0 radical (unpaired) electrons. The standard InChI is InChI=1S/C7H5Cl2IO/c8-5-1-2-6(10)7(9)4(5)3-11/h1-2,11H,3H2. The number of aliphatic hydroxyl groups is 1. The molecule has 0 fully saturated rings. The van der Waals surface area contributed by atoms with Crippen LogP contribution in [0.15, 0.2) is 12.1 Å². The molecule has 1 nitrogen and oxygen atoms in total. The molecule has 0 aliphatic heterocycles. The van der Waals surface area contributed by atoms with Crippen LogP contribution in [0.4, 0.5) is 0 Å². The molecule has 60 valence electrons. The minimum absolute atomic E-state index is 0.117. The summed E-state index contributed by atoms with van der Waals surface area (Å²) in [4.78, 5) is 0. The van der Waals surface area contributed by atoms with Crippen molar-refractivity contribution in [3.8, 4) is 0 Å². The second-order valence-corrected chi connectivity index (χ2v) is 3.93. The van der Waals surface area contributed by atoms with E-state index in [1.54, 1.807) is 6.07 Å². The van der Waals surface area contributed by atoms with Gasteiger partial charge >= 0.3 is 0 Å². The fraction of sp³-hybridized carbons (Fsp3) is 0.143. The molecule has 0 saturated carbocycles. The Morgan fingerprint density at radius 3 is 2.45 bits per heavy atom. The number of rotatable bonds is 1. The molecule has 0 aromatic heterocycles. The van der Waals surface area contributed by atoms with Crippen molar-refractivity contribution >= 4 is 45.8 Å². The van der Waals surface area contributed by atoms with Gasteiger partial charge in [-0.25, -0.2) is 0 Å². The van der Waals surface area contributed by atoms with Crippen LogP contribution in [0.3, 0.4) is 0 Å². The van der Waals surface area contributed by atoms with Gasteiger partial charge < -0.3 is 5.11 Å². The Hall–Kier alpha value is 0.490. The monoisotopic (exact) mass is 302 g/mol. The van der Waals surface area contributed by atoms with Gasteiger partial charge in [0.15, 0.2) is 0 Å². The highest BCUT2D eigenvalue weighted by molar-refractivity contribution is 14.1. The first-order valence-electron chi connectivity index (χ1n) is 2.90. The van der Waals surface area contributed by atoms with Crippen molar-refractivity contribution in [3.63, 3.8) is 0 Å². The summed E-state index contributed by atoms with van der Waals surface area (Å²) in [5.41, 5.74) is 0.597. The van der Waals surface area contributed by atoms with E-state index in [-0.39, 0.29) is 6.61 Å². The summed E-state index contributed by atoms with van der Waals surface area (Å²) in [7, 11) is 0. The van der Waals surface area contributed by atoms with E-state index in [2.05, 4.69) is 22.6 Å². The first kappa shape index (κ1) is 9.58. The van der Waals surface area contributed by atoms with Crippen LogP contribution in [0, 0.1) is 3.57 Å². The van der Waals surface area contributed by atoms with E-state index in [9.17, 15) is 0 Å². The lowest BCUT2D eigenvalue weighted by molar-refractivity contribution is 0.282. The summed E-state index contributed by atoms with van der Waals surface area (Å²) in [5.74, 6) is 0. The second-order valence-electron chi connectivity index (χ2n) is 1.98. The third-order valence-corrected chi connectivity index (χ3v) is 3.30. The maximum atomic E-state index is 8.85. The lowest BCUT2D eigenvalue weighted by Gasteiger charge is -2.04. The molecule has 0 unspecified atom stereocenters. The zero-order chi connectivity index (χ0) is 8.43. The van der Waals surface area contributed by atoms with Gasteiger partial charge in [-0.3, -0.25) is 0 Å². The fourth-order valence-electron chi connectivity index (χ4n) is 0.714. The summed E-state index contributed by atoms with van der Waals surface area (Å²) in [6.07, 6.45) is 0. The van der Waals surface area contributed by atoms with Gasteiger partial charge in [0.1, 0.15) is 0 Å². The summed E-state index contributed by atoms with van der Waals surface area (Å²) < 4.78 is 0.901. The van der Waals surface area contributed by atoms with E-state index in [1.165, 1.54) is 0 Å². The average Bonchev–Trinajstić information content (AvgIpc) is 1.99. The Labute approximate surface area is 88.5 Å². The molecule has 0 amide bonds. The van der Waals surface area contributed by atoms with Gasteiger partial charge in [0, 0.05) is 14.2 Å². The third kappa shape index (κ3) is 1.99. The number of halogens is 3. The van der Waals surface area contributed by atoms with Gasteiger partial charge in [0.2, 0.25) is 0 Å². The smallest absolute Gasteiger partial charge is 0.0711 e. The Bertz CT molecular complexity index is 275. The molecule has 0 aliphatic rings. The van der Waals surface area contributed by atoms with Crippen molar-refractivity contribution in [2.45, 2.75) is 6.61 Å². The highest BCUT2D eigenvalue weighted by atomic mass is 127. The van der Waals surface area contributed by atoms with E-state index in [0.29, 0.717) is 15.6 Å². The number of hydrogen-bond acceptors (Lipinski definition) is 1. The Morgan fingerprint density at radius 1 is 1.36 bits per heavy atom. The van der Waals surface area contributed by atoms with Crippen molar-refractivity contribution < 1.29 is 5.11 Å². The molecule has 1 N–H and O–H groups in total. The van der Waals surface area contributed by atoms with Crippen molar-refractivity contribution in [3.05, 3.63) is 31.3 Å². The van der Waals surface area contributed by atoms with Crippen LogP contribution in [-0.2, 0) is 6.61 Å². The van der Waals surface area contributed by atoms with Crippen molar-refractivity contribution in [2.24, 2.45) is 0 Å². The first-order chi connectivity index (χ1) is 5.16. The van der Waals surface area contributed by atoms with Crippen LogP contribution in [0.25, 0.3) is 0 Å². The number of hydrogen-bond donors (Lipinski definition) is 1. The Balaban J connectivity index is 3.29. The fourth-order valence-corrected chi connectivity index (χ4v) is 1.71. The largest absolute Gasteiger partial charge is 0.392 e. The predicted octanol–water partition coefficient (Wildman–Crippen LogP) is 3.09. The van der Waals surface area contributed by atoms with Crippen LogP contribution in [0.2, 0.25) is 10.0 Å². The van der Waals surface area contributed by atoms with Gasteiger partial charge in [0.25, 0.3) is 0 Å². The van der Waals surface area contributed by atoms with Crippen molar-refractivity contribution in [1.29, 1.82) is 0 Å². The summed E-state index contributed by atoms with van der Waals surface area (Å²) in [5, 5.41) is 9.91. The molecule has 1 rings (SSSR count). The maximum absolute atomic E-state index is 8.85. The van der Waals surface area contributed by atoms with E-state index < -0.39 is 0 Å². The first-order valence-corrected chi connectivity index (χ1v) is 4.73. The second kappa shape index (κ2) is 3.94. The van der Waals surface area contributed by atoms with Crippen LogP contribution in [0.5, 0.6) is 0 Å². The highest BCUT2D eigenvalue weighted by Gasteiger charge is 2.06. The van der Waals surface area contributed by atoms with Crippen LogP contribution in [-0.4, -0.2) is 5.11 Å². The minimum atomic E-state index is -0.117. The molecule has 1 aromatic rings. The third-order valence-electron chi connectivity index (χ3n) is 1.30. The Kier molecular flexibility index (Phi) is 3.43. The number of aliphatic hydroxyl groups excluding tert-OH is 1. The molecule has 0 spiro atoms. The Morgan fingerprint density at radius 2 is 2.00 bits per heavy atom. The van der Waals surface area contributed by atoms with E-state index >= 15 is 0 Å². The summed E-state index contributed by atoms with van der Waals surface area (Å²) in [6.45, 7) is -0.117. The summed E-state index contributed by atoms with van der Waals surface area (Å²) >= 11 is 13.7. The van der Waals surface area contributed by atoms with E-state index in [0.717, 1.165) is 3.57 Å². The quantitative estimate of drug-likeness (QED) is 0.624. The highest BCUT2D eigenvalue weighted by Crippen LogP contribution is 2.28. The van der Waals surface area contributed by atoms with E-state index in [4.69, 9.17) is 28.3 Å². The normalized spacial score (nSPS) is 10.2. The lowest BCUT2D eigenvalue weighted by atomic mass is 10.2. The molecule has 1 aromatic carbocycles. The average molecular weight is 303 g/mol. The van der Waals surface area contributed by atoms with Crippen LogP contribution < -0.4 is 0 Å². The summed E-state index contributed by atoms with van der Waals surface area (Å²) in [6, 6.07) is 3.53. The van der Waals surface area contributed by atoms with Crippen LogP contribution in [0.1, 0.15) is 5.56 Å². The van der Waals surface area contributed by atoms with Gasteiger partial charge in [-0.15, -0.1) is 0 Å². The molecule has 0 aliphatic carbocycles. The molecule has 0 atom stereocenters. The molecular formula is C7H5Cl2IO. The molecular weight excluding hydrogens is 298 g/mol. The SMILES string of the molecule is OCc1c(Cl)ccc(I)c1Cl. The maximum Gasteiger partial charge on any atom is 0.0711 e. The molecule has 0 saturated heterocycles. The predicted molar refractivity (Wildman–Crippen MR) is 55.1 cm³/mol. The molecule has 0 heterocycles. The topological polar surface area (TPSA) is 20.2 Å². The van der Waals surface area contributed by atoms with Gasteiger partial charge in [-0.05, 0) is 34.7 Å². The molecule has 11 heavy (non-hydrogen) atoms. The van der Waals surface area contributed by atoms with Crippen LogP contribution >= 0.6 is 45.8 Å². The van der Waals surface area contributed by atoms with Gasteiger partial charge in [0.05, 0.1) is 11.6 Å². The van der Waals surface area contributed by atoms with Gasteiger partial charge in [-0.1, -0.05) is 23.2 Å². The van der Waals surface area contributed by atoms with E-state index in [1.807, 2.05) is 6.07 Å². The minimum Gasteiger partial charge on any atom is -0.392 e. The lowest BCUT2D eigenvalue weighted by Crippen LogP contribution is -1.88. The zero-order valence-corrected chi connectivity index (χ0v) is 9.11. The van der Waals surface area contributed by atoms with Crippen molar-refractivity contribution in [2.75, 3.05) is 0 Å². The molecule has 0 bridgehead atoms. The van der Waals surface area contributed by atoms with Crippen molar-refractivity contribution in [1.82, 2.24) is 0 Å². The van der Waals surface area contributed by atoms with Gasteiger partial charge in [-0.2, -0.15) is 0 Å². The molecule has 4 heteroatoms. The number of benzene rings is 1.